The molecular formula is C15H31N3O2S. The van der Waals surface area contributed by atoms with Crippen LogP contribution in [-0.4, -0.2) is 44.9 Å². The normalized spacial score (nSPS) is 23.5. The van der Waals surface area contributed by atoms with Gasteiger partial charge in [-0.1, -0.05) is 26.2 Å². The number of piperidine rings is 1. The summed E-state index contributed by atoms with van der Waals surface area (Å²) in [6, 6.07) is 0.160. The minimum atomic E-state index is -3.27. The second kappa shape index (κ2) is 8.46. The zero-order valence-corrected chi connectivity index (χ0v) is 14.1. The molecule has 6 heteroatoms. The molecule has 21 heavy (non-hydrogen) atoms. The first kappa shape index (κ1) is 17.2. The quantitative estimate of drug-likeness (QED) is 0.705. The molecule has 0 aromatic carbocycles. The fraction of sp³-hybridized carbons (Fsp3) is 1.00. The van der Waals surface area contributed by atoms with E-state index in [1.807, 2.05) is 0 Å². The van der Waals surface area contributed by atoms with E-state index >= 15 is 0 Å². The number of nitrogens with zero attached hydrogens (tertiary/aromatic N) is 1. The Bertz CT molecular complexity index is 386. The average molecular weight is 317 g/mol. The van der Waals surface area contributed by atoms with Crippen molar-refractivity contribution < 1.29 is 8.42 Å². The summed E-state index contributed by atoms with van der Waals surface area (Å²) in [4.78, 5) is 0. The summed E-state index contributed by atoms with van der Waals surface area (Å²) in [7, 11) is -3.27. The van der Waals surface area contributed by atoms with E-state index in [9.17, 15) is 8.42 Å². The standard InChI is InChI=1S/C15H31N3O2S/c1-2-10-16-13-14-8-11-18(12-9-14)21(19,20)17-15-6-4-3-5-7-15/h14-17H,2-13H2,1H3. The Labute approximate surface area is 130 Å². The van der Waals surface area contributed by atoms with Gasteiger partial charge in [0.25, 0.3) is 10.2 Å². The highest BCUT2D eigenvalue weighted by Crippen LogP contribution is 2.21. The van der Waals surface area contributed by atoms with Crippen LogP contribution in [0.2, 0.25) is 0 Å². The molecule has 0 bridgehead atoms. The number of rotatable bonds is 7. The van der Waals surface area contributed by atoms with E-state index in [1.165, 1.54) is 6.42 Å². The Balaban J connectivity index is 1.74. The Kier molecular flexibility index (Phi) is 6.92. The van der Waals surface area contributed by atoms with Crippen molar-refractivity contribution in [3.8, 4) is 0 Å². The molecule has 1 saturated carbocycles. The van der Waals surface area contributed by atoms with E-state index in [0.717, 1.165) is 58.0 Å². The largest absolute Gasteiger partial charge is 0.316 e. The summed E-state index contributed by atoms with van der Waals surface area (Å²) in [6.45, 7) is 5.58. The first-order chi connectivity index (χ1) is 10.1. The van der Waals surface area contributed by atoms with Gasteiger partial charge in [-0.2, -0.15) is 17.4 Å². The highest BCUT2D eigenvalue weighted by atomic mass is 32.2. The number of hydrogen-bond acceptors (Lipinski definition) is 3. The van der Waals surface area contributed by atoms with Gasteiger partial charge in [0.2, 0.25) is 0 Å². The molecule has 0 aromatic heterocycles. The average Bonchev–Trinajstić information content (AvgIpc) is 2.49. The lowest BCUT2D eigenvalue weighted by Crippen LogP contribution is -2.49. The Morgan fingerprint density at radius 3 is 2.33 bits per heavy atom. The zero-order chi connectivity index (χ0) is 15.1. The van der Waals surface area contributed by atoms with Crippen LogP contribution in [0.3, 0.4) is 0 Å². The fourth-order valence-corrected chi connectivity index (χ4v) is 4.84. The lowest BCUT2D eigenvalue weighted by atomic mass is 9.96. The van der Waals surface area contributed by atoms with Crippen LogP contribution in [0.25, 0.3) is 0 Å². The van der Waals surface area contributed by atoms with Gasteiger partial charge in [0.15, 0.2) is 0 Å². The lowest BCUT2D eigenvalue weighted by Gasteiger charge is -2.33. The van der Waals surface area contributed by atoms with E-state index in [-0.39, 0.29) is 6.04 Å². The smallest absolute Gasteiger partial charge is 0.279 e. The lowest BCUT2D eigenvalue weighted by molar-refractivity contribution is 0.262. The molecule has 0 amide bonds. The first-order valence-electron chi connectivity index (χ1n) is 8.60. The van der Waals surface area contributed by atoms with Gasteiger partial charge in [0, 0.05) is 19.1 Å². The molecule has 1 aliphatic heterocycles. The molecule has 0 radical (unpaired) electrons. The van der Waals surface area contributed by atoms with Crippen molar-refractivity contribution >= 4 is 10.2 Å². The predicted octanol–water partition coefficient (Wildman–Crippen LogP) is 1.87. The van der Waals surface area contributed by atoms with Crippen LogP contribution in [0.4, 0.5) is 0 Å². The summed E-state index contributed by atoms with van der Waals surface area (Å²) in [6.07, 6.45) is 8.64. The van der Waals surface area contributed by atoms with E-state index in [1.54, 1.807) is 4.31 Å². The zero-order valence-electron chi connectivity index (χ0n) is 13.3. The molecule has 2 fully saturated rings. The SMILES string of the molecule is CCCNCC1CCN(S(=O)(=O)NC2CCCCC2)CC1. The third kappa shape index (κ3) is 5.51. The van der Waals surface area contributed by atoms with Crippen molar-refractivity contribution in [2.24, 2.45) is 5.92 Å². The summed E-state index contributed by atoms with van der Waals surface area (Å²) in [5, 5.41) is 3.44. The second-order valence-corrected chi connectivity index (χ2v) is 8.21. The van der Waals surface area contributed by atoms with Gasteiger partial charge in [0.05, 0.1) is 0 Å². The molecule has 0 aromatic rings. The van der Waals surface area contributed by atoms with Gasteiger partial charge in [0.1, 0.15) is 0 Å². The van der Waals surface area contributed by atoms with Crippen molar-refractivity contribution in [2.75, 3.05) is 26.2 Å². The van der Waals surface area contributed by atoms with Gasteiger partial charge in [-0.05, 0) is 51.1 Å². The molecule has 0 atom stereocenters. The minimum absolute atomic E-state index is 0.160. The van der Waals surface area contributed by atoms with Crippen molar-refractivity contribution in [3.05, 3.63) is 0 Å². The van der Waals surface area contributed by atoms with Crippen LogP contribution < -0.4 is 10.0 Å². The van der Waals surface area contributed by atoms with Gasteiger partial charge < -0.3 is 5.32 Å². The third-order valence-corrected chi connectivity index (χ3v) is 6.37. The van der Waals surface area contributed by atoms with Crippen molar-refractivity contribution in [3.63, 3.8) is 0 Å². The van der Waals surface area contributed by atoms with Crippen LogP contribution >= 0.6 is 0 Å². The molecule has 1 heterocycles. The Hall–Kier alpha value is -0.170. The van der Waals surface area contributed by atoms with Crippen LogP contribution in [0.1, 0.15) is 58.3 Å². The summed E-state index contributed by atoms with van der Waals surface area (Å²) in [5.41, 5.74) is 0. The Morgan fingerprint density at radius 2 is 1.71 bits per heavy atom. The van der Waals surface area contributed by atoms with E-state index in [0.29, 0.717) is 19.0 Å². The van der Waals surface area contributed by atoms with Crippen molar-refractivity contribution in [2.45, 2.75) is 64.3 Å². The fourth-order valence-electron chi connectivity index (χ4n) is 3.34. The molecule has 1 saturated heterocycles. The van der Waals surface area contributed by atoms with Gasteiger partial charge >= 0.3 is 0 Å². The van der Waals surface area contributed by atoms with Crippen LogP contribution in [0.5, 0.6) is 0 Å². The van der Waals surface area contributed by atoms with Crippen LogP contribution in [-0.2, 0) is 10.2 Å². The second-order valence-electron chi connectivity index (χ2n) is 6.50. The van der Waals surface area contributed by atoms with E-state index < -0.39 is 10.2 Å². The summed E-state index contributed by atoms with van der Waals surface area (Å²) in [5.74, 6) is 0.623. The van der Waals surface area contributed by atoms with Crippen LogP contribution in [0.15, 0.2) is 0 Å². The molecule has 2 N–H and O–H groups in total. The monoisotopic (exact) mass is 317 g/mol. The maximum atomic E-state index is 12.4. The van der Waals surface area contributed by atoms with E-state index in [4.69, 9.17) is 0 Å². The number of nitrogens with one attached hydrogen (secondary N) is 2. The maximum absolute atomic E-state index is 12.4. The third-order valence-electron chi connectivity index (χ3n) is 4.69. The molecule has 2 aliphatic rings. The van der Waals surface area contributed by atoms with Crippen molar-refractivity contribution in [1.29, 1.82) is 0 Å². The molecule has 5 nitrogen and oxygen atoms in total. The molecule has 2 rings (SSSR count). The van der Waals surface area contributed by atoms with Gasteiger partial charge in [-0.3, -0.25) is 0 Å². The molecule has 0 unspecified atom stereocenters. The molecule has 1 aliphatic carbocycles. The molecule has 0 spiro atoms. The predicted molar refractivity (Wildman–Crippen MR) is 86.4 cm³/mol. The minimum Gasteiger partial charge on any atom is -0.316 e. The van der Waals surface area contributed by atoms with Gasteiger partial charge in [-0.25, -0.2) is 0 Å². The van der Waals surface area contributed by atoms with E-state index in [2.05, 4.69) is 17.0 Å². The summed E-state index contributed by atoms with van der Waals surface area (Å²) < 4.78 is 29.4. The molecule has 124 valence electrons. The van der Waals surface area contributed by atoms with Crippen molar-refractivity contribution in [1.82, 2.24) is 14.3 Å². The topological polar surface area (TPSA) is 61.4 Å². The highest BCUT2D eigenvalue weighted by Gasteiger charge is 2.29. The van der Waals surface area contributed by atoms with Crippen LogP contribution in [0, 0.1) is 5.92 Å². The Morgan fingerprint density at radius 1 is 1.05 bits per heavy atom. The first-order valence-corrected chi connectivity index (χ1v) is 10.0. The number of hydrogen-bond donors (Lipinski definition) is 2. The maximum Gasteiger partial charge on any atom is 0.279 e. The summed E-state index contributed by atoms with van der Waals surface area (Å²) >= 11 is 0. The van der Waals surface area contributed by atoms with Gasteiger partial charge in [-0.15, -0.1) is 0 Å². The highest BCUT2D eigenvalue weighted by molar-refractivity contribution is 7.87. The molecular weight excluding hydrogens is 286 g/mol.